The number of hydrogen-bond donors (Lipinski definition) is 2. The monoisotopic (exact) mass is 324 g/mol. The zero-order valence-corrected chi connectivity index (χ0v) is 11.7. The van der Waals surface area contributed by atoms with Crippen LogP contribution < -0.4 is 5.73 Å². The van der Waals surface area contributed by atoms with E-state index in [0.717, 1.165) is 5.56 Å². The number of pyridine rings is 1. The molecule has 1 heterocycles. The Kier molecular flexibility index (Phi) is 4.63. The predicted octanol–water partition coefficient (Wildman–Crippen LogP) is 2.76. The first-order valence-electron chi connectivity index (χ1n) is 5.86. The Morgan fingerprint density at radius 2 is 1.95 bits per heavy atom. The smallest absolute Gasteiger partial charge is 0.124 e. The van der Waals surface area contributed by atoms with Crippen LogP contribution in [0.25, 0.3) is 0 Å². The molecule has 0 spiro atoms. The van der Waals surface area contributed by atoms with Crippen molar-refractivity contribution in [3.63, 3.8) is 0 Å². The fourth-order valence-corrected chi connectivity index (χ4v) is 2.60. The highest BCUT2D eigenvalue weighted by Crippen LogP contribution is 2.34. The van der Waals surface area contributed by atoms with Crippen LogP contribution in [0.3, 0.4) is 0 Å². The number of halogens is 2. The Morgan fingerprint density at radius 3 is 2.53 bits per heavy atom. The first kappa shape index (κ1) is 14.1. The van der Waals surface area contributed by atoms with Gasteiger partial charge in [0.25, 0.3) is 0 Å². The molecule has 3 N–H and O–H groups in total. The summed E-state index contributed by atoms with van der Waals surface area (Å²) in [6.07, 6.45) is 2.51. The van der Waals surface area contributed by atoms with E-state index in [1.165, 1.54) is 12.1 Å². The topological polar surface area (TPSA) is 59.1 Å². The standard InChI is InChI=1S/C14H14BrFN2O/c15-13-7-10(16)1-2-11(13)14(19)12(8-17)9-3-5-18-6-4-9/h1-7,12,14,19H,8,17H2. The van der Waals surface area contributed by atoms with Gasteiger partial charge in [0.15, 0.2) is 0 Å². The van der Waals surface area contributed by atoms with E-state index in [4.69, 9.17) is 5.73 Å². The molecule has 1 aromatic carbocycles. The molecular formula is C14H14BrFN2O. The van der Waals surface area contributed by atoms with Gasteiger partial charge in [0.2, 0.25) is 0 Å². The van der Waals surface area contributed by atoms with E-state index in [2.05, 4.69) is 20.9 Å². The first-order chi connectivity index (χ1) is 9.13. The third kappa shape index (κ3) is 3.18. The van der Waals surface area contributed by atoms with E-state index in [1.807, 2.05) is 12.1 Å². The van der Waals surface area contributed by atoms with Gasteiger partial charge in [0.1, 0.15) is 5.82 Å². The van der Waals surface area contributed by atoms with Crippen molar-refractivity contribution in [2.45, 2.75) is 12.0 Å². The molecule has 0 bridgehead atoms. The summed E-state index contributed by atoms with van der Waals surface area (Å²) in [4.78, 5) is 3.94. The molecule has 0 radical (unpaired) electrons. The van der Waals surface area contributed by atoms with Gasteiger partial charge in [-0.1, -0.05) is 22.0 Å². The summed E-state index contributed by atoms with van der Waals surface area (Å²) in [7, 11) is 0. The maximum atomic E-state index is 13.1. The molecule has 0 aliphatic heterocycles. The van der Waals surface area contributed by atoms with Gasteiger partial charge in [-0.2, -0.15) is 0 Å². The molecular weight excluding hydrogens is 311 g/mol. The number of aliphatic hydroxyl groups excluding tert-OH is 1. The SMILES string of the molecule is NCC(c1ccncc1)C(O)c1ccc(F)cc1Br. The molecule has 1 aromatic heterocycles. The fourth-order valence-electron chi connectivity index (χ4n) is 2.02. The van der Waals surface area contributed by atoms with Gasteiger partial charge in [-0.3, -0.25) is 4.98 Å². The summed E-state index contributed by atoms with van der Waals surface area (Å²) in [6.45, 7) is 0.287. The van der Waals surface area contributed by atoms with Crippen molar-refractivity contribution in [3.8, 4) is 0 Å². The van der Waals surface area contributed by atoms with Crippen LogP contribution >= 0.6 is 15.9 Å². The van der Waals surface area contributed by atoms with Crippen molar-refractivity contribution >= 4 is 15.9 Å². The van der Waals surface area contributed by atoms with E-state index in [0.29, 0.717) is 10.0 Å². The van der Waals surface area contributed by atoms with Gasteiger partial charge in [-0.05, 0) is 35.4 Å². The lowest BCUT2D eigenvalue weighted by molar-refractivity contribution is 0.146. The van der Waals surface area contributed by atoms with Crippen LogP contribution in [-0.4, -0.2) is 16.6 Å². The Bertz CT molecular complexity index is 550. The summed E-state index contributed by atoms with van der Waals surface area (Å²) in [5.74, 6) is -0.610. The molecule has 0 amide bonds. The quantitative estimate of drug-likeness (QED) is 0.909. The summed E-state index contributed by atoms with van der Waals surface area (Å²) in [5, 5.41) is 10.5. The van der Waals surface area contributed by atoms with E-state index in [-0.39, 0.29) is 18.3 Å². The number of rotatable bonds is 4. The summed E-state index contributed by atoms with van der Waals surface area (Å²) in [6, 6.07) is 7.85. The molecule has 0 saturated heterocycles. The van der Waals surface area contributed by atoms with Gasteiger partial charge in [-0.15, -0.1) is 0 Å². The number of nitrogens with zero attached hydrogens (tertiary/aromatic N) is 1. The van der Waals surface area contributed by atoms with Crippen molar-refractivity contribution in [2.24, 2.45) is 5.73 Å². The minimum atomic E-state index is -0.803. The lowest BCUT2D eigenvalue weighted by Crippen LogP contribution is -2.20. The second kappa shape index (κ2) is 6.23. The van der Waals surface area contributed by atoms with Crippen LogP contribution in [0.5, 0.6) is 0 Å². The average molecular weight is 325 g/mol. The summed E-state index contributed by atoms with van der Waals surface area (Å²) in [5.41, 5.74) is 7.28. The third-order valence-corrected chi connectivity index (χ3v) is 3.74. The maximum absolute atomic E-state index is 13.1. The lowest BCUT2D eigenvalue weighted by Gasteiger charge is -2.23. The highest BCUT2D eigenvalue weighted by molar-refractivity contribution is 9.10. The van der Waals surface area contributed by atoms with E-state index in [9.17, 15) is 9.50 Å². The molecule has 0 aliphatic carbocycles. The number of nitrogens with two attached hydrogens (primary N) is 1. The maximum Gasteiger partial charge on any atom is 0.124 e. The Balaban J connectivity index is 2.33. The van der Waals surface area contributed by atoms with E-state index < -0.39 is 6.10 Å². The van der Waals surface area contributed by atoms with Crippen LogP contribution in [0, 0.1) is 5.82 Å². The van der Waals surface area contributed by atoms with Crippen molar-refractivity contribution in [3.05, 3.63) is 64.1 Å². The minimum Gasteiger partial charge on any atom is -0.388 e. The summed E-state index contributed by atoms with van der Waals surface area (Å²) >= 11 is 3.26. The Hall–Kier alpha value is -1.30. The molecule has 0 aliphatic rings. The second-order valence-corrected chi connectivity index (χ2v) is 5.09. The lowest BCUT2D eigenvalue weighted by atomic mass is 9.90. The van der Waals surface area contributed by atoms with Gasteiger partial charge in [-0.25, -0.2) is 4.39 Å². The molecule has 2 rings (SSSR count). The molecule has 0 fully saturated rings. The van der Waals surface area contributed by atoms with Crippen molar-refractivity contribution in [1.82, 2.24) is 4.98 Å². The van der Waals surface area contributed by atoms with Crippen LogP contribution in [0.4, 0.5) is 4.39 Å². The molecule has 2 unspecified atom stereocenters. The zero-order chi connectivity index (χ0) is 13.8. The van der Waals surface area contributed by atoms with Gasteiger partial charge in [0.05, 0.1) is 6.10 Å². The molecule has 0 saturated carbocycles. The molecule has 100 valence electrons. The molecule has 2 atom stereocenters. The van der Waals surface area contributed by atoms with Crippen LogP contribution in [0.15, 0.2) is 47.2 Å². The van der Waals surface area contributed by atoms with Gasteiger partial charge in [0, 0.05) is 29.3 Å². The first-order valence-corrected chi connectivity index (χ1v) is 6.65. The van der Waals surface area contributed by atoms with Crippen LogP contribution in [0.2, 0.25) is 0 Å². The second-order valence-electron chi connectivity index (χ2n) is 4.23. The van der Waals surface area contributed by atoms with Crippen molar-refractivity contribution in [2.75, 3.05) is 6.54 Å². The zero-order valence-electron chi connectivity index (χ0n) is 10.1. The average Bonchev–Trinajstić information content (AvgIpc) is 2.40. The number of aromatic nitrogens is 1. The normalized spacial score (nSPS) is 14.1. The number of aliphatic hydroxyl groups is 1. The molecule has 5 heteroatoms. The highest BCUT2D eigenvalue weighted by atomic mass is 79.9. The largest absolute Gasteiger partial charge is 0.388 e. The Labute approximate surface area is 119 Å². The van der Waals surface area contributed by atoms with E-state index in [1.54, 1.807) is 18.5 Å². The van der Waals surface area contributed by atoms with Gasteiger partial charge >= 0.3 is 0 Å². The predicted molar refractivity (Wildman–Crippen MR) is 75.1 cm³/mol. The molecule has 3 nitrogen and oxygen atoms in total. The molecule has 2 aromatic rings. The minimum absolute atomic E-state index is 0.259. The number of benzene rings is 1. The Morgan fingerprint density at radius 1 is 1.26 bits per heavy atom. The van der Waals surface area contributed by atoms with Crippen LogP contribution in [0.1, 0.15) is 23.1 Å². The van der Waals surface area contributed by atoms with Crippen molar-refractivity contribution < 1.29 is 9.50 Å². The van der Waals surface area contributed by atoms with Crippen LogP contribution in [-0.2, 0) is 0 Å². The van der Waals surface area contributed by atoms with E-state index >= 15 is 0 Å². The van der Waals surface area contributed by atoms with Crippen molar-refractivity contribution in [1.29, 1.82) is 0 Å². The molecule has 19 heavy (non-hydrogen) atoms. The summed E-state index contributed by atoms with van der Waals surface area (Å²) < 4.78 is 13.6. The highest BCUT2D eigenvalue weighted by Gasteiger charge is 2.23. The third-order valence-electron chi connectivity index (χ3n) is 3.05. The fraction of sp³-hybridized carbons (Fsp3) is 0.214. The van der Waals surface area contributed by atoms with Gasteiger partial charge < -0.3 is 10.8 Å². The number of hydrogen-bond acceptors (Lipinski definition) is 3.